The third-order valence-corrected chi connectivity index (χ3v) is 3.21. The Morgan fingerprint density at radius 1 is 1.50 bits per heavy atom. The molecule has 1 aromatic heterocycles. The van der Waals surface area contributed by atoms with Crippen LogP contribution in [0.5, 0.6) is 0 Å². The van der Waals surface area contributed by atoms with Gasteiger partial charge in [-0.3, -0.25) is 9.88 Å². The molecule has 100 valence electrons. The molecular formula is C14H23N3O. The zero-order valence-corrected chi connectivity index (χ0v) is 11.4. The lowest BCUT2D eigenvalue weighted by Crippen LogP contribution is -2.29. The van der Waals surface area contributed by atoms with Gasteiger partial charge in [-0.25, -0.2) is 0 Å². The second-order valence-electron chi connectivity index (χ2n) is 4.76. The molecule has 0 saturated heterocycles. The summed E-state index contributed by atoms with van der Waals surface area (Å²) >= 11 is 0. The third-order valence-electron chi connectivity index (χ3n) is 3.21. The van der Waals surface area contributed by atoms with E-state index in [0.29, 0.717) is 0 Å². The van der Waals surface area contributed by atoms with Crippen molar-refractivity contribution in [3.63, 3.8) is 0 Å². The normalized spacial score (nSPS) is 15.1. The quantitative estimate of drug-likeness (QED) is 0.766. The van der Waals surface area contributed by atoms with Crippen LogP contribution in [0, 0.1) is 0 Å². The summed E-state index contributed by atoms with van der Waals surface area (Å²) in [4.78, 5) is 6.93. The Balaban J connectivity index is 1.94. The highest BCUT2D eigenvalue weighted by Gasteiger charge is 2.28. The molecule has 1 fully saturated rings. The maximum atomic E-state index is 5.18. The van der Waals surface area contributed by atoms with Crippen molar-refractivity contribution in [1.29, 1.82) is 0 Å². The highest BCUT2D eigenvalue weighted by Crippen LogP contribution is 2.27. The van der Waals surface area contributed by atoms with Gasteiger partial charge in [-0.15, -0.1) is 0 Å². The van der Waals surface area contributed by atoms with E-state index in [9.17, 15) is 0 Å². The molecule has 0 aliphatic heterocycles. The number of anilines is 1. The number of pyridine rings is 1. The van der Waals surface area contributed by atoms with E-state index in [1.165, 1.54) is 12.8 Å². The first-order valence-electron chi connectivity index (χ1n) is 6.75. The zero-order valence-electron chi connectivity index (χ0n) is 11.4. The Bertz CT molecular complexity index is 366. The number of nitrogens with one attached hydrogen (secondary N) is 1. The fourth-order valence-electron chi connectivity index (χ4n) is 2.13. The molecule has 4 nitrogen and oxygen atoms in total. The van der Waals surface area contributed by atoms with Gasteiger partial charge in [0.15, 0.2) is 0 Å². The molecule has 1 aliphatic carbocycles. The number of methoxy groups -OCH3 is 1. The first-order chi connectivity index (χ1) is 8.83. The molecule has 1 saturated carbocycles. The van der Waals surface area contributed by atoms with Gasteiger partial charge < -0.3 is 10.1 Å². The molecule has 0 spiro atoms. The maximum Gasteiger partial charge on any atom is 0.0589 e. The minimum Gasteiger partial charge on any atom is -0.385 e. The Morgan fingerprint density at radius 3 is 3.00 bits per heavy atom. The smallest absolute Gasteiger partial charge is 0.0589 e. The van der Waals surface area contributed by atoms with Crippen LogP contribution in [0.15, 0.2) is 18.3 Å². The lowest BCUT2D eigenvalue weighted by molar-refractivity contribution is 0.139. The van der Waals surface area contributed by atoms with Crippen molar-refractivity contribution < 1.29 is 4.74 Å². The molecule has 0 atom stereocenters. The molecule has 0 bridgehead atoms. The number of hydrogen-bond donors (Lipinski definition) is 1. The SMILES string of the molecule is CCNc1ccnc(CN(CCOC)C2CC2)c1. The number of ether oxygens (including phenoxy) is 1. The van der Waals surface area contributed by atoms with E-state index >= 15 is 0 Å². The van der Waals surface area contributed by atoms with E-state index in [-0.39, 0.29) is 0 Å². The molecule has 18 heavy (non-hydrogen) atoms. The van der Waals surface area contributed by atoms with Gasteiger partial charge in [0.2, 0.25) is 0 Å². The highest BCUT2D eigenvalue weighted by atomic mass is 16.5. The number of hydrogen-bond acceptors (Lipinski definition) is 4. The summed E-state index contributed by atoms with van der Waals surface area (Å²) in [7, 11) is 1.76. The molecule has 0 aromatic carbocycles. The van der Waals surface area contributed by atoms with Gasteiger partial charge >= 0.3 is 0 Å². The molecule has 1 aliphatic rings. The predicted octanol–water partition coefficient (Wildman–Crippen LogP) is 2.12. The van der Waals surface area contributed by atoms with Crippen LogP contribution >= 0.6 is 0 Å². The molecule has 2 rings (SSSR count). The van der Waals surface area contributed by atoms with Gasteiger partial charge in [0.05, 0.1) is 12.3 Å². The molecule has 1 N–H and O–H groups in total. The van der Waals surface area contributed by atoms with Gasteiger partial charge in [0.25, 0.3) is 0 Å². The fourth-order valence-corrected chi connectivity index (χ4v) is 2.13. The summed E-state index contributed by atoms with van der Waals surface area (Å²) in [5.74, 6) is 0. The minimum atomic E-state index is 0.741. The monoisotopic (exact) mass is 249 g/mol. The van der Waals surface area contributed by atoms with Crippen molar-refractivity contribution >= 4 is 5.69 Å². The Hall–Kier alpha value is -1.13. The van der Waals surface area contributed by atoms with Crippen LogP contribution < -0.4 is 5.32 Å². The molecular weight excluding hydrogens is 226 g/mol. The van der Waals surface area contributed by atoms with Crippen LogP contribution in [0.2, 0.25) is 0 Å². The summed E-state index contributed by atoms with van der Waals surface area (Å²) in [6.45, 7) is 5.76. The maximum absolute atomic E-state index is 5.18. The van der Waals surface area contributed by atoms with Gasteiger partial charge in [0.1, 0.15) is 0 Å². The lowest BCUT2D eigenvalue weighted by Gasteiger charge is -2.21. The first kappa shape index (κ1) is 13.3. The van der Waals surface area contributed by atoms with Crippen molar-refractivity contribution in [2.45, 2.75) is 32.4 Å². The van der Waals surface area contributed by atoms with Gasteiger partial charge in [-0.2, -0.15) is 0 Å². The molecule has 0 unspecified atom stereocenters. The van der Waals surface area contributed by atoms with Crippen LogP contribution in [-0.2, 0) is 11.3 Å². The third kappa shape index (κ3) is 3.96. The largest absolute Gasteiger partial charge is 0.385 e. The predicted molar refractivity (Wildman–Crippen MR) is 73.7 cm³/mol. The average molecular weight is 249 g/mol. The Labute approximate surface area is 109 Å². The van der Waals surface area contributed by atoms with Crippen molar-refractivity contribution in [3.8, 4) is 0 Å². The Morgan fingerprint density at radius 2 is 2.33 bits per heavy atom. The molecule has 0 radical (unpaired) electrons. The van der Waals surface area contributed by atoms with Crippen LogP contribution in [0.3, 0.4) is 0 Å². The molecule has 1 heterocycles. The molecule has 1 aromatic rings. The van der Waals surface area contributed by atoms with Gasteiger partial charge in [-0.1, -0.05) is 0 Å². The standard InChI is InChI=1S/C14H23N3O/c1-3-15-12-6-7-16-13(10-12)11-17(8-9-18-2)14-4-5-14/h6-7,10,14H,3-5,8-9,11H2,1-2H3,(H,15,16). The summed E-state index contributed by atoms with van der Waals surface area (Å²) < 4.78 is 5.18. The van der Waals surface area contributed by atoms with Crippen molar-refractivity contribution in [1.82, 2.24) is 9.88 Å². The first-order valence-corrected chi connectivity index (χ1v) is 6.75. The van der Waals surface area contributed by atoms with Gasteiger partial charge in [-0.05, 0) is 31.9 Å². The zero-order chi connectivity index (χ0) is 12.8. The second kappa shape index (κ2) is 6.71. The van der Waals surface area contributed by atoms with Gasteiger partial charge in [0, 0.05) is 44.7 Å². The average Bonchev–Trinajstić information content (AvgIpc) is 3.19. The van der Waals surface area contributed by atoms with Crippen LogP contribution in [0.25, 0.3) is 0 Å². The molecule has 4 heteroatoms. The van der Waals surface area contributed by atoms with E-state index in [1.807, 2.05) is 12.3 Å². The van der Waals surface area contributed by atoms with Crippen molar-refractivity contribution in [2.24, 2.45) is 0 Å². The Kier molecular flexibility index (Phi) is 4.96. The van der Waals surface area contributed by atoms with Crippen LogP contribution in [0.4, 0.5) is 5.69 Å². The van der Waals surface area contributed by atoms with E-state index < -0.39 is 0 Å². The highest BCUT2D eigenvalue weighted by molar-refractivity contribution is 5.42. The number of aromatic nitrogens is 1. The van der Waals surface area contributed by atoms with E-state index in [0.717, 1.165) is 43.7 Å². The topological polar surface area (TPSA) is 37.4 Å². The lowest BCUT2D eigenvalue weighted by atomic mass is 10.3. The van der Waals surface area contributed by atoms with E-state index in [1.54, 1.807) is 7.11 Å². The second-order valence-corrected chi connectivity index (χ2v) is 4.76. The fraction of sp³-hybridized carbons (Fsp3) is 0.643. The molecule has 0 amide bonds. The number of nitrogens with zero attached hydrogens (tertiary/aromatic N) is 2. The summed E-state index contributed by atoms with van der Waals surface area (Å²) in [6.07, 6.45) is 4.52. The van der Waals surface area contributed by atoms with Crippen LogP contribution in [-0.4, -0.2) is 42.7 Å². The van der Waals surface area contributed by atoms with Crippen molar-refractivity contribution in [2.75, 3.05) is 32.1 Å². The van der Waals surface area contributed by atoms with E-state index in [2.05, 4.69) is 28.2 Å². The minimum absolute atomic E-state index is 0.741. The van der Waals surface area contributed by atoms with Crippen molar-refractivity contribution in [3.05, 3.63) is 24.0 Å². The van der Waals surface area contributed by atoms with Crippen LogP contribution in [0.1, 0.15) is 25.5 Å². The van der Waals surface area contributed by atoms with E-state index in [4.69, 9.17) is 4.74 Å². The summed E-state index contributed by atoms with van der Waals surface area (Å²) in [5, 5.41) is 3.33. The summed E-state index contributed by atoms with van der Waals surface area (Å²) in [5.41, 5.74) is 2.29. The number of rotatable bonds is 8. The summed E-state index contributed by atoms with van der Waals surface area (Å²) in [6, 6.07) is 4.90.